The van der Waals surface area contributed by atoms with Crippen molar-refractivity contribution in [2.24, 2.45) is 5.92 Å². The fraction of sp³-hybridized carbons (Fsp3) is 0.500. The van der Waals surface area contributed by atoms with E-state index < -0.39 is 0 Å². The molecular weight excluding hydrogens is 220 g/mol. The number of hydrogen-bond acceptors (Lipinski definition) is 3. The molecule has 0 aliphatic rings. The molecule has 1 heterocycles. The van der Waals surface area contributed by atoms with Crippen molar-refractivity contribution in [2.45, 2.75) is 32.3 Å². The average molecular weight is 238 g/mol. The smallest absolute Gasteiger partial charge is 0.255 e. The van der Waals surface area contributed by atoms with Crippen LogP contribution >= 0.6 is 11.8 Å². The summed E-state index contributed by atoms with van der Waals surface area (Å²) in [5.74, 6) is 1.55. The molecule has 0 amide bonds. The van der Waals surface area contributed by atoms with Crippen molar-refractivity contribution in [3.8, 4) is 0 Å². The first-order chi connectivity index (χ1) is 7.54. The van der Waals surface area contributed by atoms with E-state index in [2.05, 4.69) is 30.4 Å². The summed E-state index contributed by atoms with van der Waals surface area (Å²) in [5.41, 5.74) is 1.47. The molecule has 0 spiro atoms. The van der Waals surface area contributed by atoms with E-state index in [1.807, 2.05) is 6.92 Å². The zero-order chi connectivity index (χ0) is 12.1. The van der Waals surface area contributed by atoms with Gasteiger partial charge in [-0.15, -0.1) is 6.58 Å². The summed E-state index contributed by atoms with van der Waals surface area (Å²) in [6.07, 6.45) is 2.30. The third-order valence-corrected chi connectivity index (χ3v) is 3.40. The number of H-pyrrole nitrogens is 1. The first kappa shape index (κ1) is 13.0. The number of rotatable bonds is 5. The molecule has 0 unspecified atom stereocenters. The number of allylic oxidation sites excluding steroid dienone is 1. The summed E-state index contributed by atoms with van der Waals surface area (Å²) in [7, 11) is 0. The predicted molar refractivity (Wildman–Crippen MR) is 69.1 cm³/mol. The Labute approximate surface area is 100 Å². The Morgan fingerprint density at radius 2 is 2.25 bits per heavy atom. The third-order valence-electron chi connectivity index (χ3n) is 2.10. The molecule has 0 aliphatic carbocycles. The van der Waals surface area contributed by atoms with Crippen molar-refractivity contribution < 1.29 is 0 Å². The minimum Gasteiger partial charge on any atom is -0.301 e. The van der Waals surface area contributed by atoms with Crippen LogP contribution < -0.4 is 5.56 Å². The Morgan fingerprint density at radius 3 is 2.75 bits per heavy atom. The first-order valence-corrected chi connectivity index (χ1v) is 6.36. The summed E-state index contributed by atoms with van der Waals surface area (Å²) in [6, 6.07) is 0. The number of aromatic nitrogens is 2. The Kier molecular flexibility index (Phi) is 4.80. The lowest BCUT2D eigenvalue weighted by Crippen LogP contribution is -2.17. The number of hydrogen-bond donors (Lipinski definition) is 1. The van der Waals surface area contributed by atoms with Crippen LogP contribution in [0.5, 0.6) is 0 Å². The van der Waals surface area contributed by atoms with Gasteiger partial charge in [0.25, 0.3) is 5.56 Å². The zero-order valence-electron chi connectivity index (χ0n) is 10.0. The monoisotopic (exact) mass is 238 g/mol. The highest BCUT2D eigenvalue weighted by Gasteiger charge is 2.07. The normalized spacial score (nSPS) is 10.8. The van der Waals surface area contributed by atoms with E-state index >= 15 is 0 Å². The van der Waals surface area contributed by atoms with Gasteiger partial charge in [-0.05, 0) is 19.3 Å². The van der Waals surface area contributed by atoms with Crippen LogP contribution in [0.3, 0.4) is 0 Å². The molecule has 1 N–H and O–H groups in total. The van der Waals surface area contributed by atoms with Crippen LogP contribution in [0, 0.1) is 12.8 Å². The molecule has 0 atom stereocenters. The first-order valence-electron chi connectivity index (χ1n) is 5.38. The van der Waals surface area contributed by atoms with Crippen molar-refractivity contribution in [1.82, 2.24) is 9.97 Å². The quantitative estimate of drug-likeness (QED) is 0.487. The summed E-state index contributed by atoms with van der Waals surface area (Å²) >= 11 is 1.59. The second-order valence-electron chi connectivity index (χ2n) is 4.13. The van der Waals surface area contributed by atoms with E-state index in [9.17, 15) is 4.79 Å². The fourth-order valence-electron chi connectivity index (χ4n) is 1.28. The number of aromatic amines is 1. The number of nitrogens with zero attached hydrogens (tertiary/aromatic N) is 1. The summed E-state index contributed by atoms with van der Waals surface area (Å²) in [6.45, 7) is 9.79. The van der Waals surface area contributed by atoms with Crippen LogP contribution in [-0.4, -0.2) is 15.7 Å². The van der Waals surface area contributed by atoms with E-state index in [1.165, 1.54) is 0 Å². The molecule has 88 valence electrons. The van der Waals surface area contributed by atoms with Gasteiger partial charge >= 0.3 is 0 Å². The molecule has 0 saturated carbocycles. The van der Waals surface area contributed by atoms with Crippen molar-refractivity contribution in [1.29, 1.82) is 0 Å². The van der Waals surface area contributed by atoms with Crippen molar-refractivity contribution >= 4 is 11.8 Å². The van der Waals surface area contributed by atoms with Gasteiger partial charge in [-0.2, -0.15) is 0 Å². The van der Waals surface area contributed by atoms with Gasteiger partial charge < -0.3 is 4.98 Å². The van der Waals surface area contributed by atoms with Crippen molar-refractivity contribution in [3.05, 3.63) is 34.3 Å². The van der Waals surface area contributed by atoms with E-state index in [0.717, 1.165) is 11.4 Å². The number of nitrogens with one attached hydrogen (secondary N) is 1. The number of thioether (sulfide) groups is 1. The molecule has 1 aromatic rings. The van der Waals surface area contributed by atoms with Crippen LogP contribution in [0.25, 0.3) is 0 Å². The highest BCUT2D eigenvalue weighted by Crippen LogP contribution is 2.16. The molecule has 0 saturated heterocycles. The lowest BCUT2D eigenvalue weighted by atomic mass is 10.2. The van der Waals surface area contributed by atoms with Crippen LogP contribution in [0.15, 0.2) is 22.6 Å². The van der Waals surface area contributed by atoms with E-state index in [4.69, 9.17) is 0 Å². The minimum absolute atomic E-state index is 0.0429. The molecule has 1 aromatic heterocycles. The minimum atomic E-state index is -0.0429. The Balaban J connectivity index is 2.91. The molecule has 4 heteroatoms. The average Bonchev–Trinajstić information content (AvgIpc) is 2.20. The van der Waals surface area contributed by atoms with Crippen molar-refractivity contribution in [3.63, 3.8) is 0 Å². The lowest BCUT2D eigenvalue weighted by Gasteiger charge is -2.06. The molecule has 0 radical (unpaired) electrons. The second kappa shape index (κ2) is 5.89. The summed E-state index contributed by atoms with van der Waals surface area (Å²) < 4.78 is 0. The molecule has 0 fully saturated rings. The molecule has 0 aromatic carbocycles. The highest BCUT2D eigenvalue weighted by atomic mass is 32.2. The van der Waals surface area contributed by atoms with Crippen molar-refractivity contribution in [2.75, 3.05) is 5.75 Å². The largest absolute Gasteiger partial charge is 0.301 e. The SMILES string of the molecule is C=CCc1c(C)nc(SCC(C)C)[nH]c1=O. The van der Waals surface area contributed by atoms with Gasteiger partial charge in [0, 0.05) is 17.0 Å². The van der Waals surface area contributed by atoms with Gasteiger partial charge in [0.15, 0.2) is 5.16 Å². The van der Waals surface area contributed by atoms with Crippen LogP contribution in [-0.2, 0) is 6.42 Å². The summed E-state index contributed by atoms with van der Waals surface area (Å²) in [5, 5.41) is 0.712. The third kappa shape index (κ3) is 3.52. The highest BCUT2D eigenvalue weighted by molar-refractivity contribution is 7.99. The maximum absolute atomic E-state index is 11.7. The zero-order valence-corrected chi connectivity index (χ0v) is 10.9. The Hall–Kier alpha value is -1.03. The lowest BCUT2D eigenvalue weighted by molar-refractivity contribution is 0.746. The summed E-state index contributed by atoms with van der Waals surface area (Å²) in [4.78, 5) is 18.9. The van der Waals surface area contributed by atoms with Gasteiger partial charge in [-0.3, -0.25) is 4.79 Å². The maximum atomic E-state index is 11.7. The van der Waals surface area contributed by atoms with Gasteiger partial charge in [0.05, 0.1) is 0 Å². The number of aryl methyl sites for hydroxylation is 1. The molecule has 3 nitrogen and oxygen atoms in total. The van der Waals surface area contributed by atoms with Gasteiger partial charge in [-0.25, -0.2) is 4.98 Å². The molecule has 0 aliphatic heterocycles. The predicted octanol–water partition coefficient (Wildman–Crippen LogP) is 2.55. The second-order valence-corrected chi connectivity index (χ2v) is 5.14. The van der Waals surface area contributed by atoms with Crippen LogP contribution in [0.4, 0.5) is 0 Å². The van der Waals surface area contributed by atoms with Crippen LogP contribution in [0.1, 0.15) is 25.1 Å². The maximum Gasteiger partial charge on any atom is 0.255 e. The van der Waals surface area contributed by atoms with Gasteiger partial charge in [0.2, 0.25) is 0 Å². The standard InChI is InChI=1S/C12H18N2OS/c1-5-6-10-9(4)13-12(14-11(10)15)16-7-8(2)3/h5,8H,1,6-7H2,2-4H3,(H,13,14,15). The molecule has 16 heavy (non-hydrogen) atoms. The van der Waals surface area contributed by atoms with E-state index in [1.54, 1.807) is 17.8 Å². The Morgan fingerprint density at radius 1 is 1.56 bits per heavy atom. The molecule has 0 bridgehead atoms. The van der Waals surface area contributed by atoms with Gasteiger partial charge in [-0.1, -0.05) is 31.7 Å². The van der Waals surface area contributed by atoms with E-state index in [0.29, 0.717) is 23.1 Å². The van der Waals surface area contributed by atoms with Gasteiger partial charge in [0.1, 0.15) is 0 Å². The van der Waals surface area contributed by atoms with E-state index in [-0.39, 0.29) is 5.56 Å². The molecule has 1 rings (SSSR count). The Bertz CT molecular complexity index is 424. The fourth-order valence-corrected chi connectivity index (χ4v) is 2.14. The van der Waals surface area contributed by atoms with Crippen LogP contribution in [0.2, 0.25) is 0 Å². The topological polar surface area (TPSA) is 45.8 Å². The molecular formula is C12H18N2OS.